The number of hydrogen-bond donors (Lipinski definition) is 2. The van der Waals surface area contributed by atoms with Gasteiger partial charge in [0.2, 0.25) is 5.91 Å². The van der Waals surface area contributed by atoms with E-state index < -0.39 is 17.6 Å². The Morgan fingerprint density at radius 2 is 1.74 bits per heavy atom. The molecular formula is C26H26N4O4. The number of oxime groups is 1. The number of carbonyl (C=O) groups excluding carboxylic acids is 2. The van der Waals surface area contributed by atoms with Gasteiger partial charge in [0.05, 0.1) is 18.4 Å². The number of amides is 2. The lowest BCUT2D eigenvalue weighted by atomic mass is 9.85. The largest absolute Gasteiger partial charge is 0.399 e. The lowest BCUT2D eigenvalue weighted by Gasteiger charge is -2.36. The zero-order chi connectivity index (χ0) is 24.1. The molecule has 2 aromatic carbocycles. The number of aliphatic hydroxyl groups is 1. The first-order valence-corrected chi connectivity index (χ1v) is 10.9. The van der Waals surface area contributed by atoms with Crippen LogP contribution in [-0.4, -0.2) is 51.7 Å². The number of nitrogens with zero attached hydrogens (tertiary/aromatic N) is 3. The van der Waals surface area contributed by atoms with E-state index in [-0.39, 0.29) is 25.3 Å². The number of benzene rings is 2. The number of carbonyl (C=O) groups is 2. The molecule has 3 aromatic rings. The summed E-state index contributed by atoms with van der Waals surface area (Å²) in [4.78, 5) is 36.8. The molecule has 4 rings (SSSR count). The highest BCUT2D eigenvalue weighted by atomic mass is 16.6. The molecule has 0 radical (unpaired) electrons. The second-order valence-electron chi connectivity index (χ2n) is 8.25. The molecule has 2 heterocycles. The van der Waals surface area contributed by atoms with Crippen molar-refractivity contribution in [2.24, 2.45) is 10.9 Å². The molecule has 174 valence electrons. The minimum absolute atomic E-state index is 0.0596. The molecule has 1 fully saturated rings. The average molecular weight is 459 g/mol. The van der Waals surface area contributed by atoms with Crippen LogP contribution in [0.5, 0.6) is 0 Å². The Balaban J connectivity index is 1.67. The molecule has 1 aliphatic rings. The summed E-state index contributed by atoms with van der Waals surface area (Å²) < 4.78 is 0. The standard InChI is InChI=1S/C26H26N4O4/c1-34-29-22-15-26(25(27)33,16-23(31)20-5-3-2-4-6-20)30(17-22)24(32)21-9-7-18(8-10-21)19-11-13-28-14-12-19/h2-14,23,31H,15-17H2,1H3,(H2,27,33)/t23-,26?/m0/s1. The number of primary amides is 1. The van der Waals surface area contributed by atoms with Gasteiger partial charge in [-0.2, -0.15) is 0 Å². The molecular weight excluding hydrogens is 432 g/mol. The van der Waals surface area contributed by atoms with Crippen LogP contribution in [0, 0.1) is 0 Å². The van der Waals surface area contributed by atoms with Crippen LogP contribution >= 0.6 is 0 Å². The van der Waals surface area contributed by atoms with Crippen LogP contribution in [0.4, 0.5) is 0 Å². The van der Waals surface area contributed by atoms with Crippen LogP contribution in [0.1, 0.15) is 34.9 Å². The molecule has 2 amide bonds. The van der Waals surface area contributed by atoms with Crippen molar-refractivity contribution in [2.75, 3.05) is 13.7 Å². The van der Waals surface area contributed by atoms with E-state index in [0.717, 1.165) is 11.1 Å². The summed E-state index contributed by atoms with van der Waals surface area (Å²) in [5, 5.41) is 14.9. The third-order valence-electron chi connectivity index (χ3n) is 6.14. The van der Waals surface area contributed by atoms with Gasteiger partial charge in [0.15, 0.2) is 0 Å². The van der Waals surface area contributed by atoms with Crippen molar-refractivity contribution < 1.29 is 19.5 Å². The zero-order valence-corrected chi connectivity index (χ0v) is 18.8. The number of aliphatic hydroxyl groups excluding tert-OH is 1. The maximum atomic E-state index is 13.6. The summed E-state index contributed by atoms with van der Waals surface area (Å²) >= 11 is 0. The summed E-state index contributed by atoms with van der Waals surface area (Å²) in [7, 11) is 1.40. The Morgan fingerprint density at radius 1 is 1.09 bits per heavy atom. The van der Waals surface area contributed by atoms with Crippen LogP contribution in [0.2, 0.25) is 0 Å². The van der Waals surface area contributed by atoms with Gasteiger partial charge < -0.3 is 20.6 Å². The second kappa shape index (κ2) is 9.84. The summed E-state index contributed by atoms with van der Waals surface area (Å²) in [6, 6.07) is 19.8. The molecule has 0 aliphatic carbocycles. The topological polar surface area (TPSA) is 118 Å². The van der Waals surface area contributed by atoms with Crippen LogP contribution in [0.15, 0.2) is 84.3 Å². The molecule has 3 N–H and O–H groups in total. The Bertz CT molecular complexity index is 1180. The Morgan fingerprint density at radius 3 is 2.35 bits per heavy atom. The van der Waals surface area contributed by atoms with Crippen LogP contribution in [0.3, 0.4) is 0 Å². The predicted molar refractivity (Wildman–Crippen MR) is 128 cm³/mol. The zero-order valence-electron chi connectivity index (χ0n) is 18.8. The molecule has 0 spiro atoms. The van der Waals surface area contributed by atoms with Gasteiger partial charge in [-0.1, -0.05) is 47.6 Å². The summed E-state index contributed by atoms with van der Waals surface area (Å²) in [5.74, 6) is -1.08. The fourth-order valence-corrected chi connectivity index (χ4v) is 4.40. The van der Waals surface area contributed by atoms with Gasteiger partial charge in [0.1, 0.15) is 12.6 Å². The fourth-order valence-electron chi connectivity index (χ4n) is 4.40. The molecule has 34 heavy (non-hydrogen) atoms. The monoisotopic (exact) mass is 458 g/mol. The number of pyridine rings is 1. The first-order valence-electron chi connectivity index (χ1n) is 10.9. The van der Waals surface area contributed by atoms with E-state index in [2.05, 4.69) is 10.1 Å². The van der Waals surface area contributed by atoms with E-state index in [1.165, 1.54) is 12.0 Å². The SMILES string of the molecule is CON=C1CN(C(=O)c2ccc(-c3ccncc3)cc2)C(C[C@H](O)c2ccccc2)(C(N)=O)C1. The van der Waals surface area contributed by atoms with Gasteiger partial charge in [0.25, 0.3) is 5.91 Å². The van der Waals surface area contributed by atoms with E-state index in [1.54, 1.807) is 48.8 Å². The van der Waals surface area contributed by atoms with Crippen molar-refractivity contribution in [1.29, 1.82) is 0 Å². The quantitative estimate of drug-likeness (QED) is 0.528. The van der Waals surface area contributed by atoms with Gasteiger partial charge in [-0.3, -0.25) is 14.6 Å². The molecule has 1 aliphatic heterocycles. The molecule has 0 saturated carbocycles. The van der Waals surface area contributed by atoms with Crippen molar-refractivity contribution in [3.63, 3.8) is 0 Å². The second-order valence-corrected chi connectivity index (χ2v) is 8.25. The van der Waals surface area contributed by atoms with Crippen molar-refractivity contribution in [2.45, 2.75) is 24.5 Å². The molecule has 2 atom stereocenters. The van der Waals surface area contributed by atoms with Crippen molar-refractivity contribution in [3.8, 4) is 11.1 Å². The maximum Gasteiger partial charge on any atom is 0.255 e. The Labute approximate surface area is 197 Å². The van der Waals surface area contributed by atoms with E-state index in [1.807, 2.05) is 30.3 Å². The van der Waals surface area contributed by atoms with Gasteiger partial charge in [0, 0.05) is 30.8 Å². The van der Waals surface area contributed by atoms with Gasteiger partial charge in [-0.05, 0) is 41.0 Å². The lowest BCUT2D eigenvalue weighted by molar-refractivity contribution is -0.129. The van der Waals surface area contributed by atoms with Gasteiger partial charge >= 0.3 is 0 Å². The minimum atomic E-state index is -1.45. The molecule has 1 saturated heterocycles. The fraction of sp³-hybridized carbons (Fsp3) is 0.231. The Hall–Kier alpha value is -4.04. The predicted octanol–water partition coefficient (Wildman–Crippen LogP) is 2.94. The van der Waals surface area contributed by atoms with Crippen molar-refractivity contribution >= 4 is 17.5 Å². The summed E-state index contributed by atoms with van der Waals surface area (Å²) in [6.45, 7) is 0.0726. The van der Waals surface area contributed by atoms with Crippen LogP contribution in [-0.2, 0) is 9.63 Å². The summed E-state index contributed by atoms with van der Waals surface area (Å²) in [5.41, 5.74) is 7.87. The summed E-state index contributed by atoms with van der Waals surface area (Å²) in [6.07, 6.45) is 2.43. The number of rotatable bonds is 7. The average Bonchev–Trinajstić information content (AvgIpc) is 3.24. The molecule has 8 heteroatoms. The first-order chi connectivity index (χ1) is 16.4. The highest BCUT2D eigenvalue weighted by molar-refractivity contribution is 6.07. The highest BCUT2D eigenvalue weighted by Crippen LogP contribution is 2.37. The van der Waals surface area contributed by atoms with Gasteiger partial charge in [-0.15, -0.1) is 0 Å². The number of nitrogens with two attached hydrogens (primary N) is 1. The molecule has 1 unspecified atom stereocenters. The lowest BCUT2D eigenvalue weighted by Crippen LogP contribution is -2.56. The number of likely N-dealkylation sites (tertiary alicyclic amines) is 1. The van der Waals surface area contributed by atoms with Crippen molar-refractivity contribution in [3.05, 3.63) is 90.3 Å². The maximum absolute atomic E-state index is 13.6. The van der Waals surface area contributed by atoms with Gasteiger partial charge in [-0.25, -0.2) is 0 Å². The van der Waals surface area contributed by atoms with E-state index in [0.29, 0.717) is 16.8 Å². The first kappa shape index (κ1) is 23.1. The Kier molecular flexibility index (Phi) is 6.70. The molecule has 8 nitrogen and oxygen atoms in total. The smallest absolute Gasteiger partial charge is 0.255 e. The third-order valence-corrected chi connectivity index (χ3v) is 6.14. The molecule has 1 aromatic heterocycles. The third kappa shape index (κ3) is 4.53. The molecule has 0 bridgehead atoms. The minimum Gasteiger partial charge on any atom is -0.399 e. The van der Waals surface area contributed by atoms with Crippen molar-refractivity contribution in [1.82, 2.24) is 9.88 Å². The van der Waals surface area contributed by atoms with E-state index in [4.69, 9.17) is 10.6 Å². The van der Waals surface area contributed by atoms with E-state index >= 15 is 0 Å². The van der Waals surface area contributed by atoms with Crippen LogP contribution < -0.4 is 5.73 Å². The number of hydrogen-bond acceptors (Lipinski definition) is 6. The van der Waals surface area contributed by atoms with E-state index in [9.17, 15) is 14.7 Å². The normalized spacial score (nSPS) is 19.7. The highest BCUT2D eigenvalue weighted by Gasteiger charge is 2.52. The van der Waals surface area contributed by atoms with Crippen LogP contribution in [0.25, 0.3) is 11.1 Å². The number of aromatic nitrogens is 1.